The number of carbonyl (C=O) groups is 1. The minimum absolute atomic E-state index is 0.0588. The molecule has 0 saturated heterocycles. The number of nitrogens with one attached hydrogen (secondary N) is 1. The lowest BCUT2D eigenvalue weighted by Crippen LogP contribution is -2.15. The predicted molar refractivity (Wildman–Crippen MR) is 73.5 cm³/mol. The number of amides is 1. The third-order valence-electron chi connectivity index (χ3n) is 2.47. The summed E-state index contributed by atoms with van der Waals surface area (Å²) in [6, 6.07) is 6.82. The first-order valence-electron chi connectivity index (χ1n) is 5.81. The Kier molecular flexibility index (Phi) is 4.75. The second kappa shape index (κ2) is 5.88. The van der Waals surface area contributed by atoms with Crippen molar-refractivity contribution in [2.75, 3.05) is 5.32 Å². The van der Waals surface area contributed by atoms with Crippen molar-refractivity contribution in [1.29, 1.82) is 5.26 Å². The van der Waals surface area contributed by atoms with Crippen LogP contribution in [0.1, 0.15) is 39.2 Å². The van der Waals surface area contributed by atoms with Crippen LogP contribution in [0.15, 0.2) is 18.2 Å². The lowest BCUT2D eigenvalue weighted by Gasteiger charge is -2.17. The van der Waals surface area contributed by atoms with Gasteiger partial charge in [-0.3, -0.25) is 4.79 Å². The van der Waals surface area contributed by atoms with Gasteiger partial charge in [-0.25, -0.2) is 0 Å². The second-order valence-electron chi connectivity index (χ2n) is 5.42. The first-order valence-corrected chi connectivity index (χ1v) is 6.19. The molecule has 0 saturated carbocycles. The maximum Gasteiger partial charge on any atom is 0.224 e. The van der Waals surface area contributed by atoms with Crippen molar-refractivity contribution in [2.45, 2.75) is 33.6 Å². The van der Waals surface area contributed by atoms with Crippen molar-refractivity contribution in [2.24, 2.45) is 5.41 Å². The molecular weight excluding hydrogens is 248 g/mol. The van der Waals surface area contributed by atoms with Crippen LogP contribution < -0.4 is 5.32 Å². The normalized spacial score (nSPS) is 10.8. The number of carbonyl (C=O) groups excluding carboxylic acids is 1. The van der Waals surface area contributed by atoms with Crippen LogP contribution in [0.25, 0.3) is 0 Å². The van der Waals surface area contributed by atoms with Crippen molar-refractivity contribution >= 4 is 23.2 Å². The van der Waals surface area contributed by atoms with E-state index in [4.69, 9.17) is 16.9 Å². The quantitative estimate of drug-likeness (QED) is 0.898. The Bertz CT molecular complexity index is 484. The average Bonchev–Trinajstić information content (AvgIpc) is 2.28. The first kappa shape index (κ1) is 14.5. The summed E-state index contributed by atoms with van der Waals surface area (Å²) in [5.41, 5.74) is 1.16. The fourth-order valence-electron chi connectivity index (χ4n) is 1.39. The molecule has 0 spiro atoms. The van der Waals surface area contributed by atoms with Crippen LogP contribution in [0, 0.1) is 16.7 Å². The van der Waals surface area contributed by atoms with E-state index in [1.807, 2.05) is 6.07 Å². The maximum atomic E-state index is 11.7. The molecule has 96 valence electrons. The molecule has 0 aliphatic heterocycles. The van der Waals surface area contributed by atoms with Crippen molar-refractivity contribution in [3.05, 3.63) is 28.8 Å². The minimum atomic E-state index is -0.0588. The summed E-state index contributed by atoms with van der Waals surface area (Å²) in [6.07, 6.45) is 1.27. The number of benzene rings is 1. The Hall–Kier alpha value is -1.53. The summed E-state index contributed by atoms with van der Waals surface area (Å²) in [5, 5.41) is 11.9. The van der Waals surface area contributed by atoms with Gasteiger partial charge >= 0.3 is 0 Å². The smallest absolute Gasteiger partial charge is 0.224 e. The summed E-state index contributed by atoms with van der Waals surface area (Å²) in [7, 11) is 0. The van der Waals surface area contributed by atoms with Crippen LogP contribution in [0.2, 0.25) is 5.02 Å². The zero-order valence-electron chi connectivity index (χ0n) is 10.9. The molecule has 18 heavy (non-hydrogen) atoms. The van der Waals surface area contributed by atoms with Crippen LogP contribution in [0.4, 0.5) is 5.69 Å². The van der Waals surface area contributed by atoms with E-state index in [2.05, 4.69) is 26.1 Å². The lowest BCUT2D eigenvalue weighted by molar-refractivity contribution is -0.116. The van der Waals surface area contributed by atoms with Gasteiger partial charge in [-0.1, -0.05) is 32.4 Å². The first-order chi connectivity index (χ1) is 8.31. The number of nitrogens with zero attached hydrogens (tertiary/aromatic N) is 1. The Morgan fingerprint density at radius 2 is 2.11 bits per heavy atom. The van der Waals surface area contributed by atoms with E-state index in [-0.39, 0.29) is 11.3 Å². The number of hydrogen-bond acceptors (Lipinski definition) is 2. The van der Waals surface area contributed by atoms with E-state index < -0.39 is 0 Å². The van der Waals surface area contributed by atoms with Gasteiger partial charge in [0, 0.05) is 6.42 Å². The van der Waals surface area contributed by atoms with Crippen LogP contribution in [-0.4, -0.2) is 5.91 Å². The van der Waals surface area contributed by atoms with Gasteiger partial charge in [0.25, 0.3) is 0 Å². The summed E-state index contributed by atoms with van der Waals surface area (Å²) in [6.45, 7) is 6.28. The summed E-state index contributed by atoms with van der Waals surface area (Å²) in [4.78, 5) is 11.7. The Morgan fingerprint density at radius 1 is 1.44 bits per heavy atom. The van der Waals surface area contributed by atoms with Gasteiger partial charge in [0.05, 0.1) is 22.3 Å². The molecule has 0 aliphatic rings. The fourth-order valence-corrected chi connectivity index (χ4v) is 1.62. The number of halogens is 1. The van der Waals surface area contributed by atoms with Gasteiger partial charge in [-0.2, -0.15) is 5.26 Å². The molecule has 4 heteroatoms. The molecular formula is C14H17ClN2O. The lowest BCUT2D eigenvalue weighted by atomic mass is 9.90. The molecule has 1 N–H and O–H groups in total. The molecule has 0 aromatic heterocycles. The molecule has 0 heterocycles. The van der Waals surface area contributed by atoms with Crippen LogP contribution >= 0.6 is 11.6 Å². The SMILES string of the molecule is CC(C)(C)CCC(=O)Nc1ccc(C#N)cc1Cl. The van der Waals surface area contributed by atoms with Crippen molar-refractivity contribution < 1.29 is 4.79 Å². The molecule has 0 fully saturated rings. The number of rotatable bonds is 3. The van der Waals surface area contributed by atoms with Gasteiger partial charge in [-0.05, 0) is 30.0 Å². The molecule has 1 aromatic carbocycles. The summed E-state index contributed by atoms with van der Waals surface area (Å²) >= 11 is 5.98. The third kappa shape index (κ3) is 4.77. The third-order valence-corrected chi connectivity index (χ3v) is 2.79. The Balaban J connectivity index is 2.63. The van der Waals surface area contributed by atoms with Gasteiger partial charge in [0.2, 0.25) is 5.91 Å². The van der Waals surface area contributed by atoms with E-state index in [9.17, 15) is 4.79 Å². The summed E-state index contributed by atoms with van der Waals surface area (Å²) < 4.78 is 0. The molecule has 0 unspecified atom stereocenters. The summed E-state index contributed by atoms with van der Waals surface area (Å²) in [5.74, 6) is -0.0588. The molecule has 0 aliphatic carbocycles. The van der Waals surface area contributed by atoms with Crippen LogP contribution in [0.5, 0.6) is 0 Å². The maximum absolute atomic E-state index is 11.7. The van der Waals surface area contributed by atoms with Crippen LogP contribution in [-0.2, 0) is 4.79 Å². The number of anilines is 1. The molecule has 0 radical (unpaired) electrons. The van der Waals surface area contributed by atoms with Crippen molar-refractivity contribution in [1.82, 2.24) is 0 Å². The largest absolute Gasteiger partial charge is 0.325 e. The minimum Gasteiger partial charge on any atom is -0.325 e. The van der Waals surface area contributed by atoms with Crippen molar-refractivity contribution in [3.8, 4) is 6.07 Å². The van der Waals surface area contributed by atoms with Gasteiger partial charge < -0.3 is 5.32 Å². The van der Waals surface area contributed by atoms with E-state index in [1.165, 1.54) is 0 Å². The number of nitriles is 1. The zero-order valence-corrected chi connectivity index (χ0v) is 11.6. The zero-order chi connectivity index (χ0) is 13.8. The predicted octanol–water partition coefficient (Wildman–Crippen LogP) is 3.98. The monoisotopic (exact) mass is 264 g/mol. The Labute approximate surface area is 113 Å². The van der Waals surface area contributed by atoms with E-state index >= 15 is 0 Å². The fraction of sp³-hybridized carbons (Fsp3) is 0.429. The highest BCUT2D eigenvalue weighted by molar-refractivity contribution is 6.33. The van der Waals surface area contributed by atoms with Gasteiger partial charge in [-0.15, -0.1) is 0 Å². The van der Waals surface area contributed by atoms with E-state index in [0.29, 0.717) is 22.7 Å². The Morgan fingerprint density at radius 3 is 2.61 bits per heavy atom. The van der Waals surface area contributed by atoms with Crippen molar-refractivity contribution in [3.63, 3.8) is 0 Å². The highest BCUT2D eigenvalue weighted by atomic mass is 35.5. The van der Waals surface area contributed by atoms with Gasteiger partial charge in [0.15, 0.2) is 0 Å². The molecule has 0 atom stereocenters. The van der Waals surface area contributed by atoms with Gasteiger partial charge in [0.1, 0.15) is 0 Å². The average molecular weight is 265 g/mol. The van der Waals surface area contributed by atoms with Crippen LogP contribution in [0.3, 0.4) is 0 Å². The van der Waals surface area contributed by atoms with E-state index in [1.54, 1.807) is 18.2 Å². The standard InChI is InChI=1S/C14H17ClN2O/c1-14(2,3)7-6-13(18)17-12-5-4-10(9-16)8-11(12)15/h4-5,8H,6-7H2,1-3H3,(H,17,18). The molecule has 0 bridgehead atoms. The van der Waals surface area contributed by atoms with E-state index in [0.717, 1.165) is 6.42 Å². The molecule has 3 nitrogen and oxygen atoms in total. The highest BCUT2D eigenvalue weighted by Crippen LogP contribution is 2.24. The second-order valence-corrected chi connectivity index (χ2v) is 5.82. The molecule has 1 amide bonds. The molecule has 1 aromatic rings. The molecule has 1 rings (SSSR count). The topological polar surface area (TPSA) is 52.9 Å². The number of hydrogen-bond donors (Lipinski definition) is 1. The highest BCUT2D eigenvalue weighted by Gasteiger charge is 2.13.